The van der Waals surface area contributed by atoms with Crippen molar-refractivity contribution in [2.75, 3.05) is 16.5 Å². The molecule has 2 heterocycles. The summed E-state index contributed by atoms with van der Waals surface area (Å²) in [6.45, 7) is 0. The van der Waals surface area contributed by atoms with Gasteiger partial charge in [-0.1, -0.05) is 18.2 Å². The molecule has 3 aromatic rings. The van der Waals surface area contributed by atoms with Crippen molar-refractivity contribution in [3.8, 4) is 17.1 Å². The van der Waals surface area contributed by atoms with Crippen LogP contribution in [0.4, 0.5) is 30.5 Å². The molecule has 0 aliphatic carbocycles. The topological polar surface area (TPSA) is 97.1 Å². The Labute approximate surface area is 157 Å². The van der Waals surface area contributed by atoms with Crippen LogP contribution in [-0.4, -0.2) is 16.3 Å². The predicted molar refractivity (Wildman–Crippen MR) is 98.1 cm³/mol. The SMILES string of the molecule is Nc1nc(-c2ccc(OC(F)(F)F)cc2)nc2c1C(Nc1ccccc1)NN2. The van der Waals surface area contributed by atoms with Crippen LogP contribution in [-0.2, 0) is 0 Å². The molecule has 28 heavy (non-hydrogen) atoms. The summed E-state index contributed by atoms with van der Waals surface area (Å²) in [5.41, 5.74) is 14.2. The zero-order valence-corrected chi connectivity index (χ0v) is 14.3. The van der Waals surface area contributed by atoms with Crippen molar-refractivity contribution in [3.05, 3.63) is 60.2 Å². The number of nitrogen functional groups attached to an aromatic ring is 1. The highest BCUT2D eigenvalue weighted by molar-refractivity contribution is 5.68. The van der Waals surface area contributed by atoms with Crippen molar-refractivity contribution in [1.29, 1.82) is 0 Å². The van der Waals surface area contributed by atoms with Gasteiger partial charge in [-0.05, 0) is 36.4 Å². The summed E-state index contributed by atoms with van der Waals surface area (Å²) in [5.74, 6) is 0.704. The van der Waals surface area contributed by atoms with E-state index in [0.29, 0.717) is 16.9 Å². The number of nitrogens with one attached hydrogen (secondary N) is 3. The summed E-state index contributed by atoms with van der Waals surface area (Å²) < 4.78 is 40.7. The monoisotopic (exact) mass is 388 g/mol. The van der Waals surface area contributed by atoms with Crippen molar-refractivity contribution in [2.45, 2.75) is 12.5 Å². The fraction of sp³-hybridized carbons (Fsp3) is 0.111. The molecule has 1 atom stereocenters. The normalized spacial score (nSPS) is 15.6. The predicted octanol–water partition coefficient (Wildman–Crippen LogP) is 3.67. The number of aromatic nitrogens is 2. The number of nitrogens with zero attached hydrogens (tertiary/aromatic N) is 2. The molecule has 2 aromatic carbocycles. The fourth-order valence-electron chi connectivity index (χ4n) is 2.82. The number of rotatable bonds is 4. The third-order valence-corrected chi connectivity index (χ3v) is 4.03. The second-order valence-electron chi connectivity index (χ2n) is 5.98. The summed E-state index contributed by atoms with van der Waals surface area (Å²) in [5, 5.41) is 3.27. The zero-order valence-electron chi connectivity index (χ0n) is 14.3. The number of halogens is 3. The highest BCUT2D eigenvalue weighted by Gasteiger charge is 2.31. The Kier molecular flexibility index (Phi) is 4.40. The van der Waals surface area contributed by atoms with Crippen LogP contribution in [0.25, 0.3) is 11.4 Å². The van der Waals surface area contributed by atoms with E-state index < -0.39 is 6.36 Å². The molecule has 4 rings (SSSR count). The molecule has 1 unspecified atom stereocenters. The van der Waals surface area contributed by atoms with Gasteiger partial charge in [0.25, 0.3) is 0 Å². The van der Waals surface area contributed by atoms with E-state index in [-0.39, 0.29) is 23.6 Å². The Morgan fingerprint density at radius 2 is 1.71 bits per heavy atom. The first-order valence-corrected chi connectivity index (χ1v) is 8.26. The van der Waals surface area contributed by atoms with Crippen LogP contribution >= 0.6 is 0 Å². The van der Waals surface area contributed by atoms with Gasteiger partial charge >= 0.3 is 6.36 Å². The minimum absolute atomic E-state index is 0.251. The number of fused-ring (bicyclic) bond motifs is 1. The number of para-hydroxylation sites is 1. The van der Waals surface area contributed by atoms with Crippen LogP contribution in [0.1, 0.15) is 11.7 Å². The van der Waals surface area contributed by atoms with Crippen molar-refractivity contribution in [3.63, 3.8) is 0 Å². The number of anilines is 3. The van der Waals surface area contributed by atoms with Gasteiger partial charge in [0.05, 0.1) is 5.56 Å². The Morgan fingerprint density at radius 1 is 1.00 bits per heavy atom. The summed E-state index contributed by atoms with van der Waals surface area (Å²) in [6, 6.07) is 14.8. The number of alkyl halides is 3. The number of nitrogens with two attached hydrogens (primary N) is 1. The van der Waals surface area contributed by atoms with Crippen LogP contribution in [0.2, 0.25) is 0 Å². The highest BCUT2D eigenvalue weighted by atomic mass is 19.4. The minimum Gasteiger partial charge on any atom is -0.406 e. The van der Waals surface area contributed by atoms with Gasteiger partial charge in [0.15, 0.2) is 11.6 Å². The molecule has 7 nitrogen and oxygen atoms in total. The standard InChI is InChI=1S/C18H15F3N6O/c19-18(20,21)28-12-8-6-10(7-9-12)15-24-14(22)13-16(26-27-17(13)25-15)23-11-4-2-1-3-5-11/h1-9,16,23,26H,(H3,22,24,25,27). The van der Waals surface area contributed by atoms with E-state index in [1.54, 1.807) is 0 Å². The first-order valence-electron chi connectivity index (χ1n) is 8.26. The second-order valence-corrected chi connectivity index (χ2v) is 5.98. The summed E-state index contributed by atoms with van der Waals surface area (Å²) in [4.78, 5) is 8.71. The lowest BCUT2D eigenvalue weighted by molar-refractivity contribution is -0.274. The average Bonchev–Trinajstić information content (AvgIpc) is 3.05. The lowest BCUT2D eigenvalue weighted by Gasteiger charge is -2.15. The van der Waals surface area contributed by atoms with Gasteiger partial charge < -0.3 is 21.2 Å². The largest absolute Gasteiger partial charge is 0.573 e. The van der Waals surface area contributed by atoms with Gasteiger partial charge in [-0.15, -0.1) is 13.2 Å². The molecule has 5 N–H and O–H groups in total. The molecule has 0 saturated carbocycles. The molecule has 10 heteroatoms. The molecule has 0 amide bonds. The quantitative estimate of drug-likeness (QED) is 0.542. The molecule has 1 aliphatic heterocycles. The number of hydrogen-bond acceptors (Lipinski definition) is 7. The van der Waals surface area contributed by atoms with Gasteiger partial charge in [0, 0.05) is 11.3 Å². The van der Waals surface area contributed by atoms with Crippen LogP contribution in [0.15, 0.2) is 54.6 Å². The molecule has 144 valence electrons. The van der Waals surface area contributed by atoms with Crippen molar-refractivity contribution >= 4 is 17.3 Å². The molecule has 1 aromatic heterocycles. The molecule has 1 aliphatic rings. The molecule has 0 radical (unpaired) electrons. The van der Waals surface area contributed by atoms with Crippen molar-refractivity contribution < 1.29 is 17.9 Å². The van der Waals surface area contributed by atoms with Crippen LogP contribution in [0.3, 0.4) is 0 Å². The Balaban J connectivity index is 1.58. The third-order valence-electron chi connectivity index (χ3n) is 4.03. The van der Waals surface area contributed by atoms with Crippen LogP contribution < -0.4 is 26.6 Å². The Morgan fingerprint density at radius 3 is 2.39 bits per heavy atom. The fourth-order valence-corrected chi connectivity index (χ4v) is 2.82. The highest BCUT2D eigenvalue weighted by Crippen LogP contribution is 2.34. The Bertz CT molecular complexity index is 979. The molecule has 0 fully saturated rings. The van der Waals surface area contributed by atoms with Crippen LogP contribution in [0, 0.1) is 0 Å². The molecular weight excluding hydrogens is 373 g/mol. The van der Waals surface area contributed by atoms with E-state index in [4.69, 9.17) is 5.73 Å². The van der Waals surface area contributed by atoms with E-state index in [2.05, 4.69) is 30.9 Å². The van der Waals surface area contributed by atoms with E-state index >= 15 is 0 Å². The average molecular weight is 388 g/mol. The molecule has 0 spiro atoms. The van der Waals surface area contributed by atoms with E-state index in [9.17, 15) is 13.2 Å². The number of benzene rings is 2. The smallest absolute Gasteiger partial charge is 0.406 e. The molecular formula is C18H15F3N6O. The van der Waals surface area contributed by atoms with Gasteiger partial charge in [-0.2, -0.15) is 0 Å². The maximum Gasteiger partial charge on any atom is 0.573 e. The molecule has 0 bridgehead atoms. The first-order chi connectivity index (χ1) is 13.4. The van der Waals surface area contributed by atoms with Crippen molar-refractivity contribution in [2.24, 2.45) is 0 Å². The van der Waals surface area contributed by atoms with E-state index in [1.165, 1.54) is 24.3 Å². The van der Waals surface area contributed by atoms with Gasteiger partial charge in [-0.25, -0.2) is 15.4 Å². The van der Waals surface area contributed by atoms with Crippen LogP contribution in [0.5, 0.6) is 5.75 Å². The van der Waals surface area contributed by atoms with E-state index in [1.807, 2.05) is 30.3 Å². The molecule has 0 saturated heterocycles. The second kappa shape index (κ2) is 6.89. The van der Waals surface area contributed by atoms with E-state index in [0.717, 1.165) is 5.69 Å². The van der Waals surface area contributed by atoms with Gasteiger partial charge in [0.1, 0.15) is 17.7 Å². The first kappa shape index (κ1) is 17.9. The zero-order chi connectivity index (χ0) is 19.7. The lowest BCUT2D eigenvalue weighted by atomic mass is 10.1. The van der Waals surface area contributed by atoms with Gasteiger partial charge in [0.2, 0.25) is 0 Å². The van der Waals surface area contributed by atoms with Gasteiger partial charge in [-0.3, -0.25) is 0 Å². The summed E-state index contributed by atoms with van der Waals surface area (Å²) >= 11 is 0. The Hall–Kier alpha value is -3.53. The van der Waals surface area contributed by atoms with Crippen molar-refractivity contribution in [1.82, 2.24) is 15.4 Å². The maximum absolute atomic E-state index is 12.3. The summed E-state index contributed by atoms with van der Waals surface area (Å²) in [6.07, 6.45) is -5.08. The summed E-state index contributed by atoms with van der Waals surface area (Å²) in [7, 11) is 0. The lowest BCUT2D eigenvalue weighted by Crippen LogP contribution is -2.25. The number of ether oxygens (including phenoxy) is 1. The maximum atomic E-state index is 12.3. The number of hydrogen-bond donors (Lipinski definition) is 4. The minimum atomic E-state index is -4.74. The third kappa shape index (κ3) is 3.76. The number of hydrazine groups is 1.